The quantitative estimate of drug-likeness (QED) is 0.680. The molecule has 3 aromatic carbocycles. The molecule has 122 valence electrons. The summed E-state index contributed by atoms with van der Waals surface area (Å²) >= 11 is 0. The Bertz CT molecular complexity index is 721. The summed E-state index contributed by atoms with van der Waals surface area (Å²) in [6.07, 6.45) is 1.79. The molecular weight excluding hydrogens is 296 g/mol. The van der Waals surface area contributed by atoms with Crippen molar-refractivity contribution in [3.05, 3.63) is 102 Å². The molecule has 3 rings (SSSR count). The molecule has 2 nitrogen and oxygen atoms in total. The van der Waals surface area contributed by atoms with E-state index in [1.807, 2.05) is 36.4 Å². The van der Waals surface area contributed by atoms with Crippen LogP contribution in [0.1, 0.15) is 16.7 Å². The minimum atomic E-state index is 0.0946. The molecule has 0 saturated carbocycles. The molecule has 0 aliphatic heterocycles. The SMILES string of the molecule is Oc1ccc(CC(Cc2ccccc2)OCc2ccccc2)cc1. The van der Waals surface area contributed by atoms with Crippen LogP contribution in [0, 0.1) is 0 Å². The highest BCUT2D eigenvalue weighted by atomic mass is 16.5. The normalized spacial score (nSPS) is 12.0. The minimum Gasteiger partial charge on any atom is -0.508 e. The fourth-order valence-corrected chi connectivity index (χ4v) is 2.75. The van der Waals surface area contributed by atoms with Crippen LogP contribution in [0.4, 0.5) is 0 Å². The van der Waals surface area contributed by atoms with E-state index in [2.05, 4.69) is 36.4 Å². The Balaban J connectivity index is 1.68. The van der Waals surface area contributed by atoms with Crippen LogP contribution in [0.25, 0.3) is 0 Å². The number of ether oxygens (including phenoxy) is 1. The van der Waals surface area contributed by atoms with Crippen LogP contribution in [0.15, 0.2) is 84.9 Å². The Morgan fingerprint density at radius 1 is 0.625 bits per heavy atom. The summed E-state index contributed by atoms with van der Waals surface area (Å²) in [6, 6.07) is 28.0. The zero-order valence-electron chi connectivity index (χ0n) is 13.6. The van der Waals surface area contributed by atoms with Crippen LogP contribution in [0.5, 0.6) is 5.75 Å². The fourth-order valence-electron chi connectivity index (χ4n) is 2.75. The molecule has 0 spiro atoms. The van der Waals surface area contributed by atoms with E-state index in [0.717, 1.165) is 12.8 Å². The van der Waals surface area contributed by atoms with Gasteiger partial charge in [0.2, 0.25) is 0 Å². The second-order valence-electron chi connectivity index (χ2n) is 5.98. The summed E-state index contributed by atoms with van der Waals surface area (Å²) in [6.45, 7) is 0.608. The van der Waals surface area contributed by atoms with Crippen LogP contribution < -0.4 is 0 Å². The van der Waals surface area contributed by atoms with Gasteiger partial charge in [-0.25, -0.2) is 0 Å². The maximum Gasteiger partial charge on any atom is 0.115 e. The van der Waals surface area contributed by atoms with Gasteiger partial charge in [-0.1, -0.05) is 72.8 Å². The zero-order valence-corrected chi connectivity index (χ0v) is 13.6. The maximum atomic E-state index is 9.45. The highest BCUT2D eigenvalue weighted by Crippen LogP contribution is 2.16. The standard InChI is InChI=1S/C22H22O2/c23-21-13-11-19(12-14-21)16-22(15-18-7-3-1-4-8-18)24-17-20-9-5-2-6-10-20/h1-14,22-23H,15-17H2. The molecule has 0 aromatic heterocycles. The van der Waals surface area contributed by atoms with Gasteiger partial charge in [0.05, 0.1) is 12.7 Å². The molecule has 0 amide bonds. The third-order valence-corrected chi connectivity index (χ3v) is 4.03. The van der Waals surface area contributed by atoms with Crippen molar-refractivity contribution in [1.82, 2.24) is 0 Å². The van der Waals surface area contributed by atoms with Crippen molar-refractivity contribution in [3.63, 3.8) is 0 Å². The molecule has 1 atom stereocenters. The molecule has 24 heavy (non-hydrogen) atoms. The van der Waals surface area contributed by atoms with E-state index in [1.165, 1.54) is 16.7 Å². The predicted molar refractivity (Wildman–Crippen MR) is 97.0 cm³/mol. The average molecular weight is 318 g/mol. The lowest BCUT2D eigenvalue weighted by Crippen LogP contribution is -2.19. The second kappa shape index (κ2) is 8.32. The first kappa shape index (κ1) is 16.3. The smallest absolute Gasteiger partial charge is 0.115 e. The van der Waals surface area contributed by atoms with Crippen molar-refractivity contribution in [2.45, 2.75) is 25.6 Å². The number of aromatic hydroxyl groups is 1. The van der Waals surface area contributed by atoms with Crippen molar-refractivity contribution in [2.24, 2.45) is 0 Å². The van der Waals surface area contributed by atoms with Gasteiger partial charge in [-0.2, -0.15) is 0 Å². The highest BCUT2D eigenvalue weighted by molar-refractivity contribution is 5.27. The lowest BCUT2D eigenvalue weighted by Gasteiger charge is -2.18. The number of phenolic OH excluding ortho intramolecular Hbond substituents is 1. The van der Waals surface area contributed by atoms with Crippen LogP contribution in [0.2, 0.25) is 0 Å². The Labute approximate surface area is 143 Å². The minimum absolute atomic E-state index is 0.0946. The van der Waals surface area contributed by atoms with Crippen LogP contribution in [-0.4, -0.2) is 11.2 Å². The van der Waals surface area contributed by atoms with Gasteiger partial charge in [-0.15, -0.1) is 0 Å². The van der Waals surface area contributed by atoms with Crippen LogP contribution in [-0.2, 0) is 24.2 Å². The molecule has 0 radical (unpaired) electrons. The van der Waals surface area contributed by atoms with Gasteiger partial charge >= 0.3 is 0 Å². The average Bonchev–Trinajstić information content (AvgIpc) is 2.63. The summed E-state index contributed by atoms with van der Waals surface area (Å²) in [5.74, 6) is 0.295. The summed E-state index contributed by atoms with van der Waals surface area (Å²) in [7, 11) is 0. The van der Waals surface area contributed by atoms with Gasteiger partial charge in [0.15, 0.2) is 0 Å². The third kappa shape index (κ3) is 4.97. The monoisotopic (exact) mass is 318 g/mol. The topological polar surface area (TPSA) is 29.5 Å². The van der Waals surface area contributed by atoms with E-state index in [4.69, 9.17) is 4.74 Å². The molecule has 1 unspecified atom stereocenters. The summed E-state index contributed by atoms with van der Waals surface area (Å²) in [5, 5.41) is 9.45. The Kier molecular flexibility index (Phi) is 5.65. The summed E-state index contributed by atoms with van der Waals surface area (Å²) in [4.78, 5) is 0. The molecule has 0 aliphatic rings. The van der Waals surface area contributed by atoms with Crippen LogP contribution in [0.3, 0.4) is 0 Å². The van der Waals surface area contributed by atoms with Gasteiger partial charge in [-0.05, 0) is 41.7 Å². The number of benzene rings is 3. The van der Waals surface area contributed by atoms with Crippen molar-refractivity contribution >= 4 is 0 Å². The molecule has 0 bridgehead atoms. The van der Waals surface area contributed by atoms with Crippen LogP contribution >= 0.6 is 0 Å². The van der Waals surface area contributed by atoms with Crippen molar-refractivity contribution in [1.29, 1.82) is 0 Å². The molecule has 0 fully saturated rings. The summed E-state index contributed by atoms with van der Waals surface area (Å²) < 4.78 is 6.20. The number of rotatable bonds is 7. The number of hydrogen-bond donors (Lipinski definition) is 1. The zero-order chi connectivity index (χ0) is 16.6. The first-order chi connectivity index (χ1) is 11.8. The number of hydrogen-bond acceptors (Lipinski definition) is 2. The predicted octanol–water partition coefficient (Wildman–Crippen LogP) is 4.76. The van der Waals surface area contributed by atoms with E-state index in [9.17, 15) is 5.11 Å². The third-order valence-electron chi connectivity index (χ3n) is 4.03. The highest BCUT2D eigenvalue weighted by Gasteiger charge is 2.12. The van der Waals surface area contributed by atoms with E-state index >= 15 is 0 Å². The van der Waals surface area contributed by atoms with Gasteiger partial charge in [-0.3, -0.25) is 0 Å². The molecular formula is C22H22O2. The van der Waals surface area contributed by atoms with E-state index in [0.29, 0.717) is 12.4 Å². The lowest BCUT2D eigenvalue weighted by atomic mass is 10.0. The largest absolute Gasteiger partial charge is 0.508 e. The maximum absolute atomic E-state index is 9.45. The van der Waals surface area contributed by atoms with Gasteiger partial charge in [0, 0.05) is 0 Å². The Morgan fingerprint density at radius 2 is 1.12 bits per heavy atom. The fraction of sp³-hybridized carbons (Fsp3) is 0.182. The molecule has 0 aliphatic carbocycles. The van der Waals surface area contributed by atoms with E-state index < -0.39 is 0 Å². The first-order valence-electron chi connectivity index (χ1n) is 8.27. The van der Waals surface area contributed by atoms with E-state index in [1.54, 1.807) is 12.1 Å². The van der Waals surface area contributed by atoms with Gasteiger partial charge in [0.25, 0.3) is 0 Å². The molecule has 1 N–H and O–H groups in total. The lowest BCUT2D eigenvalue weighted by molar-refractivity contribution is 0.0412. The Hall–Kier alpha value is -2.58. The molecule has 2 heteroatoms. The first-order valence-corrected chi connectivity index (χ1v) is 8.27. The van der Waals surface area contributed by atoms with Crippen molar-refractivity contribution in [2.75, 3.05) is 0 Å². The molecule has 3 aromatic rings. The summed E-state index contributed by atoms with van der Waals surface area (Å²) in [5.41, 5.74) is 3.62. The molecule has 0 saturated heterocycles. The van der Waals surface area contributed by atoms with Gasteiger partial charge < -0.3 is 9.84 Å². The van der Waals surface area contributed by atoms with Crippen molar-refractivity contribution < 1.29 is 9.84 Å². The van der Waals surface area contributed by atoms with Crippen molar-refractivity contribution in [3.8, 4) is 5.75 Å². The van der Waals surface area contributed by atoms with E-state index in [-0.39, 0.29) is 6.10 Å². The Morgan fingerprint density at radius 3 is 1.71 bits per heavy atom. The van der Waals surface area contributed by atoms with Gasteiger partial charge in [0.1, 0.15) is 5.75 Å². The second-order valence-corrected chi connectivity index (χ2v) is 5.98. The number of phenols is 1. The molecule has 0 heterocycles.